The number of urea groups is 1. The van der Waals surface area contributed by atoms with Crippen LogP contribution in [0.25, 0.3) is 0 Å². The van der Waals surface area contributed by atoms with Gasteiger partial charge in [0.05, 0.1) is 0 Å². The number of guanidine groups is 1. The molecule has 0 aliphatic heterocycles. The van der Waals surface area contributed by atoms with Gasteiger partial charge in [-0.2, -0.15) is 4.99 Å². The van der Waals surface area contributed by atoms with Gasteiger partial charge in [-0.25, -0.2) is 4.79 Å². The first-order valence-electron chi connectivity index (χ1n) is 6.94. The minimum absolute atomic E-state index is 0.261. The minimum atomic E-state index is -0.393. The van der Waals surface area contributed by atoms with Gasteiger partial charge < -0.3 is 16.0 Å². The average molecular weight is 277 g/mol. The van der Waals surface area contributed by atoms with E-state index in [0.29, 0.717) is 6.54 Å². The summed E-state index contributed by atoms with van der Waals surface area (Å²) < 4.78 is 0. The van der Waals surface area contributed by atoms with Crippen molar-refractivity contribution in [2.24, 2.45) is 10.7 Å². The highest BCUT2D eigenvalue weighted by Crippen LogP contribution is 1.97. The van der Waals surface area contributed by atoms with Gasteiger partial charge in [0.1, 0.15) is 0 Å². The summed E-state index contributed by atoms with van der Waals surface area (Å²) in [6.45, 7) is 5.97. The summed E-state index contributed by atoms with van der Waals surface area (Å²) in [7, 11) is 0. The summed E-state index contributed by atoms with van der Waals surface area (Å²) in [5.41, 5.74) is 6.76. The van der Waals surface area contributed by atoms with E-state index in [1.807, 2.05) is 36.9 Å². The summed E-state index contributed by atoms with van der Waals surface area (Å²) in [6.07, 6.45) is 3.42. The Hall–Kier alpha value is -2.11. The molecule has 0 atom stereocenters. The zero-order chi connectivity index (χ0) is 14.8. The number of carbonyl (C=O) groups is 1. The van der Waals surface area contributed by atoms with Gasteiger partial charge in [0.25, 0.3) is 0 Å². The molecule has 0 spiro atoms. The maximum absolute atomic E-state index is 11.6. The van der Waals surface area contributed by atoms with Gasteiger partial charge in [0, 0.05) is 31.5 Å². The largest absolute Gasteiger partial charge is 0.369 e. The number of pyridine rings is 1. The second-order valence-electron chi connectivity index (χ2n) is 4.30. The summed E-state index contributed by atoms with van der Waals surface area (Å²) in [6, 6.07) is 5.42. The van der Waals surface area contributed by atoms with Crippen LogP contribution in [0.5, 0.6) is 0 Å². The molecule has 1 aromatic heterocycles. The van der Waals surface area contributed by atoms with Crippen molar-refractivity contribution >= 4 is 12.0 Å². The van der Waals surface area contributed by atoms with Crippen LogP contribution in [-0.2, 0) is 6.42 Å². The van der Waals surface area contributed by atoms with Crippen LogP contribution in [0.15, 0.2) is 29.4 Å². The van der Waals surface area contributed by atoms with E-state index in [0.717, 1.165) is 31.6 Å². The van der Waals surface area contributed by atoms with Crippen LogP contribution < -0.4 is 11.1 Å². The topological polar surface area (TPSA) is 83.6 Å². The third-order valence-corrected chi connectivity index (χ3v) is 2.92. The molecular formula is C14H23N5O. The van der Waals surface area contributed by atoms with Gasteiger partial charge in [0.15, 0.2) is 0 Å². The number of carbonyl (C=O) groups excluding carboxylic acids is 1. The fourth-order valence-electron chi connectivity index (χ4n) is 1.77. The van der Waals surface area contributed by atoms with E-state index in [9.17, 15) is 4.79 Å². The maximum Gasteiger partial charge on any atom is 0.344 e. The van der Waals surface area contributed by atoms with Crippen molar-refractivity contribution in [1.29, 1.82) is 0 Å². The monoisotopic (exact) mass is 277 g/mol. The number of nitrogens with two attached hydrogens (primary N) is 1. The van der Waals surface area contributed by atoms with E-state index in [-0.39, 0.29) is 5.96 Å². The number of nitrogens with zero attached hydrogens (tertiary/aromatic N) is 3. The van der Waals surface area contributed by atoms with Gasteiger partial charge in [-0.15, -0.1) is 0 Å². The predicted molar refractivity (Wildman–Crippen MR) is 80.5 cm³/mol. The second-order valence-corrected chi connectivity index (χ2v) is 4.30. The van der Waals surface area contributed by atoms with Crippen molar-refractivity contribution < 1.29 is 4.79 Å². The molecule has 0 unspecified atom stereocenters. The first-order chi connectivity index (χ1) is 9.67. The van der Waals surface area contributed by atoms with Crippen molar-refractivity contribution in [1.82, 2.24) is 15.2 Å². The molecule has 1 rings (SSSR count). The molecule has 0 aliphatic rings. The Kier molecular flexibility index (Phi) is 7.10. The van der Waals surface area contributed by atoms with Crippen LogP contribution in [0.1, 0.15) is 26.0 Å². The minimum Gasteiger partial charge on any atom is -0.369 e. The Bertz CT molecular complexity index is 428. The second kappa shape index (κ2) is 8.90. The normalized spacial score (nSPS) is 11.2. The van der Waals surface area contributed by atoms with E-state index in [1.54, 1.807) is 6.20 Å². The van der Waals surface area contributed by atoms with E-state index >= 15 is 0 Å². The summed E-state index contributed by atoms with van der Waals surface area (Å²) in [4.78, 5) is 21.4. The van der Waals surface area contributed by atoms with E-state index in [4.69, 9.17) is 5.73 Å². The Labute approximate surface area is 120 Å². The third kappa shape index (κ3) is 5.69. The van der Waals surface area contributed by atoms with Crippen molar-refractivity contribution in [2.45, 2.75) is 26.7 Å². The van der Waals surface area contributed by atoms with Crippen LogP contribution >= 0.6 is 0 Å². The van der Waals surface area contributed by atoms with E-state index < -0.39 is 6.03 Å². The molecular weight excluding hydrogens is 254 g/mol. The molecule has 3 N–H and O–H groups in total. The van der Waals surface area contributed by atoms with Crippen molar-refractivity contribution in [3.05, 3.63) is 30.1 Å². The summed E-state index contributed by atoms with van der Waals surface area (Å²) >= 11 is 0. The Morgan fingerprint density at radius 1 is 1.40 bits per heavy atom. The van der Waals surface area contributed by atoms with E-state index in [1.165, 1.54) is 0 Å². The molecule has 110 valence electrons. The van der Waals surface area contributed by atoms with Crippen molar-refractivity contribution in [2.75, 3.05) is 19.6 Å². The molecule has 1 heterocycles. The lowest BCUT2D eigenvalue weighted by molar-refractivity contribution is 0.248. The molecule has 0 fully saturated rings. The molecule has 6 heteroatoms. The predicted octanol–water partition coefficient (Wildman–Crippen LogP) is 1.38. The molecule has 0 radical (unpaired) electrons. The van der Waals surface area contributed by atoms with Gasteiger partial charge in [-0.3, -0.25) is 4.98 Å². The number of amides is 2. The van der Waals surface area contributed by atoms with Crippen LogP contribution in [-0.4, -0.2) is 41.5 Å². The smallest absolute Gasteiger partial charge is 0.344 e. The number of aromatic nitrogens is 1. The SMILES string of the molecule is CCN(CC)C(N)=NC(=O)NCCCc1ccccn1. The number of aliphatic imine (C=N–C) groups is 1. The lowest BCUT2D eigenvalue weighted by Crippen LogP contribution is -2.38. The van der Waals surface area contributed by atoms with Gasteiger partial charge in [-0.1, -0.05) is 6.07 Å². The average Bonchev–Trinajstić information content (AvgIpc) is 2.46. The molecule has 0 saturated carbocycles. The Balaban J connectivity index is 2.28. The highest BCUT2D eigenvalue weighted by molar-refractivity contribution is 5.91. The van der Waals surface area contributed by atoms with Gasteiger partial charge in [0.2, 0.25) is 5.96 Å². The van der Waals surface area contributed by atoms with Crippen LogP contribution in [0.4, 0.5) is 4.79 Å². The molecule has 20 heavy (non-hydrogen) atoms. The number of hydrogen-bond donors (Lipinski definition) is 2. The maximum atomic E-state index is 11.6. The number of aryl methyl sites for hydroxylation is 1. The zero-order valence-corrected chi connectivity index (χ0v) is 12.2. The number of nitrogens with one attached hydrogen (secondary N) is 1. The lowest BCUT2D eigenvalue weighted by atomic mass is 10.2. The quantitative estimate of drug-likeness (QED) is 0.467. The zero-order valence-electron chi connectivity index (χ0n) is 12.2. The van der Waals surface area contributed by atoms with Gasteiger partial charge >= 0.3 is 6.03 Å². The fraction of sp³-hybridized carbons (Fsp3) is 0.500. The number of rotatable bonds is 6. The number of hydrogen-bond acceptors (Lipinski definition) is 2. The molecule has 0 bridgehead atoms. The highest BCUT2D eigenvalue weighted by Gasteiger charge is 2.05. The van der Waals surface area contributed by atoms with Crippen LogP contribution in [0.2, 0.25) is 0 Å². The molecule has 0 saturated heterocycles. The van der Waals surface area contributed by atoms with Crippen molar-refractivity contribution in [3.8, 4) is 0 Å². The molecule has 6 nitrogen and oxygen atoms in total. The molecule has 2 amide bonds. The Morgan fingerprint density at radius 3 is 2.75 bits per heavy atom. The summed E-state index contributed by atoms with van der Waals surface area (Å²) in [5.74, 6) is 0.261. The third-order valence-electron chi connectivity index (χ3n) is 2.92. The Morgan fingerprint density at radius 2 is 2.15 bits per heavy atom. The summed E-state index contributed by atoms with van der Waals surface area (Å²) in [5, 5.41) is 2.73. The first kappa shape index (κ1) is 15.9. The molecule has 1 aromatic rings. The van der Waals surface area contributed by atoms with Crippen molar-refractivity contribution in [3.63, 3.8) is 0 Å². The lowest BCUT2D eigenvalue weighted by Gasteiger charge is -2.18. The first-order valence-corrected chi connectivity index (χ1v) is 6.94. The molecule has 0 aliphatic carbocycles. The fourth-order valence-corrected chi connectivity index (χ4v) is 1.77. The standard InChI is InChI=1S/C14H23N5O/c1-3-19(4-2)13(15)18-14(20)17-11-7-9-12-8-5-6-10-16-12/h5-6,8,10H,3-4,7,9,11H2,1-2H3,(H3,15,17,18,20). The van der Waals surface area contributed by atoms with Crippen LogP contribution in [0.3, 0.4) is 0 Å². The van der Waals surface area contributed by atoms with E-state index in [2.05, 4.69) is 15.3 Å². The van der Waals surface area contributed by atoms with Gasteiger partial charge in [-0.05, 0) is 38.8 Å². The molecule has 0 aromatic carbocycles. The van der Waals surface area contributed by atoms with Crippen LogP contribution in [0, 0.1) is 0 Å². The highest BCUT2D eigenvalue weighted by atomic mass is 16.2.